The summed E-state index contributed by atoms with van der Waals surface area (Å²) < 4.78 is 11.0. The van der Waals surface area contributed by atoms with Crippen LogP contribution in [0.25, 0.3) is 11.1 Å². The maximum Gasteiger partial charge on any atom is 0.417 e. The lowest BCUT2D eigenvalue weighted by Crippen LogP contribution is -2.53. The molecule has 4 rings (SSSR count). The van der Waals surface area contributed by atoms with Crippen LogP contribution in [-0.2, 0) is 4.74 Å². The Labute approximate surface area is 121 Å². The van der Waals surface area contributed by atoms with E-state index in [1.165, 1.54) is 12.8 Å². The number of anilines is 2. The number of hydrogen-bond donors (Lipinski definition) is 2. The van der Waals surface area contributed by atoms with E-state index in [0.29, 0.717) is 28.9 Å². The first-order valence-electron chi connectivity index (χ1n) is 7.53. The predicted octanol–water partition coefficient (Wildman–Crippen LogP) is 1.85. The molecule has 3 N–H and O–H groups in total. The highest BCUT2D eigenvalue weighted by Gasteiger charge is 2.35. The van der Waals surface area contributed by atoms with Gasteiger partial charge in [0.2, 0.25) is 0 Å². The molecule has 21 heavy (non-hydrogen) atoms. The SMILES string of the molecule is Nc1cc2oc(=O)[nH]c2cc1N1CCOC2CCCCC21. The van der Waals surface area contributed by atoms with Crippen LogP contribution >= 0.6 is 0 Å². The Hall–Kier alpha value is -1.95. The van der Waals surface area contributed by atoms with E-state index in [1.807, 2.05) is 6.07 Å². The highest BCUT2D eigenvalue weighted by atomic mass is 16.5. The number of fused-ring (bicyclic) bond motifs is 2. The highest BCUT2D eigenvalue weighted by molar-refractivity contribution is 5.85. The molecule has 1 aromatic heterocycles. The molecule has 1 aromatic carbocycles. The number of hydrogen-bond acceptors (Lipinski definition) is 5. The lowest BCUT2D eigenvalue weighted by atomic mass is 9.89. The minimum Gasteiger partial charge on any atom is -0.408 e. The van der Waals surface area contributed by atoms with Gasteiger partial charge in [-0.1, -0.05) is 12.8 Å². The summed E-state index contributed by atoms with van der Waals surface area (Å²) in [6.07, 6.45) is 5.01. The van der Waals surface area contributed by atoms with E-state index < -0.39 is 5.76 Å². The Kier molecular flexibility index (Phi) is 2.92. The number of oxazole rings is 1. The van der Waals surface area contributed by atoms with Gasteiger partial charge in [0.15, 0.2) is 5.58 Å². The Morgan fingerprint density at radius 1 is 1.29 bits per heavy atom. The topological polar surface area (TPSA) is 84.5 Å². The molecular weight excluding hydrogens is 270 g/mol. The standard InChI is InChI=1S/C15H19N3O3/c16-9-7-14-10(17-15(19)21-14)8-12(9)18-5-6-20-13-4-2-1-3-11(13)18/h7-8,11,13H,1-6,16H2,(H,17,19). The molecule has 6 nitrogen and oxygen atoms in total. The molecule has 1 aliphatic heterocycles. The van der Waals surface area contributed by atoms with Crippen molar-refractivity contribution in [2.45, 2.75) is 37.8 Å². The van der Waals surface area contributed by atoms with Crippen molar-refractivity contribution in [1.29, 1.82) is 0 Å². The summed E-state index contributed by atoms with van der Waals surface area (Å²) >= 11 is 0. The van der Waals surface area contributed by atoms with Crippen LogP contribution in [0.2, 0.25) is 0 Å². The molecule has 2 atom stereocenters. The molecule has 2 fully saturated rings. The van der Waals surface area contributed by atoms with Crippen LogP contribution in [0, 0.1) is 0 Å². The number of ether oxygens (including phenoxy) is 1. The molecule has 1 saturated carbocycles. The van der Waals surface area contributed by atoms with Crippen molar-refractivity contribution >= 4 is 22.5 Å². The van der Waals surface area contributed by atoms with Crippen LogP contribution in [0.5, 0.6) is 0 Å². The van der Waals surface area contributed by atoms with Crippen LogP contribution < -0.4 is 16.4 Å². The minimum atomic E-state index is -0.445. The van der Waals surface area contributed by atoms with E-state index in [4.69, 9.17) is 14.9 Å². The van der Waals surface area contributed by atoms with Crippen molar-refractivity contribution in [3.05, 3.63) is 22.7 Å². The van der Waals surface area contributed by atoms with Gasteiger partial charge >= 0.3 is 5.76 Å². The van der Waals surface area contributed by atoms with Crippen LogP contribution in [0.3, 0.4) is 0 Å². The van der Waals surface area contributed by atoms with E-state index >= 15 is 0 Å². The van der Waals surface area contributed by atoms with Crippen LogP contribution in [0.1, 0.15) is 25.7 Å². The van der Waals surface area contributed by atoms with E-state index in [9.17, 15) is 4.79 Å². The largest absolute Gasteiger partial charge is 0.417 e. The first kappa shape index (κ1) is 12.8. The second kappa shape index (κ2) is 4.80. The van der Waals surface area contributed by atoms with Crippen LogP contribution in [0.15, 0.2) is 21.3 Å². The number of nitrogens with one attached hydrogen (secondary N) is 1. The molecule has 0 radical (unpaired) electrons. The molecule has 0 bridgehead atoms. The number of nitrogens with two attached hydrogens (primary N) is 1. The van der Waals surface area contributed by atoms with Gasteiger partial charge in [-0.3, -0.25) is 4.98 Å². The van der Waals surface area contributed by atoms with Crippen molar-refractivity contribution < 1.29 is 9.15 Å². The van der Waals surface area contributed by atoms with Crippen molar-refractivity contribution in [1.82, 2.24) is 4.98 Å². The Morgan fingerprint density at radius 3 is 3.05 bits per heavy atom. The molecule has 112 valence electrons. The molecular formula is C15H19N3O3. The average Bonchev–Trinajstić information content (AvgIpc) is 2.85. The fourth-order valence-electron chi connectivity index (χ4n) is 3.65. The van der Waals surface area contributed by atoms with Gasteiger partial charge < -0.3 is 19.8 Å². The monoisotopic (exact) mass is 289 g/mol. The number of morpholine rings is 1. The zero-order valence-corrected chi connectivity index (χ0v) is 11.8. The maximum absolute atomic E-state index is 11.3. The number of rotatable bonds is 1. The number of aromatic nitrogens is 1. The van der Waals surface area contributed by atoms with Gasteiger partial charge in [0, 0.05) is 12.6 Å². The number of H-pyrrole nitrogens is 1. The molecule has 6 heteroatoms. The number of nitrogens with zero attached hydrogens (tertiary/aromatic N) is 1. The molecule has 2 aliphatic rings. The number of benzene rings is 1. The van der Waals surface area contributed by atoms with Gasteiger partial charge in [0.05, 0.1) is 35.6 Å². The van der Waals surface area contributed by atoms with E-state index in [0.717, 1.165) is 31.7 Å². The minimum absolute atomic E-state index is 0.297. The van der Waals surface area contributed by atoms with E-state index in [1.54, 1.807) is 6.07 Å². The molecule has 2 aromatic rings. The van der Waals surface area contributed by atoms with Gasteiger partial charge in [0.1, 0.15) is 0 Å². The summed E-state index contributed by atoms with van der Waals surface area (Å²) in [7, 11) is 0. The molecule has 0 amide bonds. The predicted molar refractivity (Wildman–Crippen MR) is 80.6 cm³/mol. The highest BCUT2D eigenvalue weighted by Crippen LogP contribution is 2.36. The lowest BCUT2D eigenvalue weighted by Gasteiger charge is -2.45. The van der Waals surface area contributed by atoms with Crippen LogP contribution in [0.4, 0.5) is 11.4 Å². The van der Waals surface area contributed by atoms with Crippen molar-refractivity contribution in [3.63, 3.8) is 0 Å². The number of nitrogen functional groups attached to an aromatic ring is 1. The molecule has 2 unspecified atom stereocenters. The molecule has 1 saturated heterocycles. The van der Waals surface area contributed by atoms with Gasteiger partial charge in [-0.25, -0.2) is 4.79 Å². The van der Waals surface area contributed by atoms with Crippen molar-refractivity contribution in [2.75, 3.05) is 23.8 Å². The number of aromatic amines is 1. The van der Waals surface area contributed by atoms with E-state index in [2.05, 4.69) is 9.88 Å². The smallest absolute Gasteiger partial charge is 0.408 e. The molecule has 2 heterocycles. The van der Waals surface area contributed by atoms with Gasteiger partial charge in [-0.05, 0) is 18.9 Å². The summed E-state index contributed by atoms with van der Waals surface area (Å²) in [4.78, 5) is 16.4. The maximum atomic E-state index is 11.3. The lowest BCUT2D eigenvalue weighted by molar-refractivity contribution is -0.00861. The first-order chi connectivity index (χ1) is 10.2. The first-order valence-corrected chi connectivity index (χ1v) is 7.53. The zero-order chi connectivity index (χ0) is 14.4. The third kappa shape index (κ3) is 2.10. The quantitative estimate of drug-likeness (QED) is 0.783. The van der Waals surface area contributed by atoms with Gasteiger partial charge in [0.25, 0.3) is 0 Å². The van der Waals surface area contributed by atoms with Crippen molar-refractivity contribution in [2.24, 2.45) is 0 Å². The van der Waals surface area contributed by atoms with E-state index in [-0.39, 0.29) is 0 Å². The molecule has 1 aliphatic carbocycles. The van der Waals surface area contributed by atoms with Crippen molar-refractivity contribution in [3.8, 4) is 0 Å². The fourth-order valence-corrected chi connectivity index (χ4v) is 3.65. The van der Waals surface area contributed by atoms with Gasteiger partial charge in [-0.2, -0.15) is 0 Å². The Bertz CT molecular complexity index is 719. The Morgan fingerprint density at radius 2 is 2.14 bits per heavy atom. The average molecular weight is 289 g/mol. The summed E-state index contributed by atoms with van der Waals surface area (Å²) in [5.74, 6) is -0.445. The second-order valence-corrected chi connectivity index (χ2v) is 5.88. The second-order valence-electron chi connectivity index (χ2n) is 5.88. The molecule has 0 spiro atoms. The summed E-state index contributed by atoms with van der Waals surface area (Å²) in [5.41, 5.74) is 9.02. The zero-order valence-electron chi connectivity index (χ0n) is 11.8. The van der Waals surface area contributed by atoms with Gasteiger partial charge in [-0.15, -0.1) is 0 Å². The summed E-state index contributed by atoms with van der Waals surface area (Å²) in [6, 6.07) is 4.04. The third-order valence-corrected chi connectivity index (χ3v) is 4.61. The normalized spacial score (nSPS) is 26.0. The van der Waals surface area contributed by atoms with Crippen LogP contribution in [-0.4, -0.2) is 30.3 Å². The third-order valence-electron chi connectivity index (χ3n) is 4.61. The summed E-state index contributed by atoms with van der Waals surface area (Å²) in [5, 5.41) is 0. The summed E-state index contributed by atoms with van der Waals surface area (Å²) in [6.45, 7) is 1.56. The fraction of sp³-hybridized carbons (Fsp3) is 0.533. The Balaban J connectivity index is 1.77.